The van der Waals surface area contributed by atoms with Crippen molar-refractivity contribution in [3.63, 3.8) is 0 Å². The van der Waals surface area contributed by atoms with Gasteiger partial charge in [-0.05, 0) is 31.2 Å². The van der Waals surface area contributed by atoms with Crippen molar-refractivity contribution in [2.45, 2.75) is 6.92 Å². The Hall–Kier alpha value is -3.13. The lowest BCUT2D eigenvalue weighted by Crippen LogP contribution is -2.12. The molecule has 108 valence electrons. The van der Waals surface area contributed by atoms with Gasteiger partial charge in [-0.2, -0.15) is 5.10 Å². The number of amides is 1. The van der Waals surface area contributed by atoms with Crippen molar-refractivity contribution < 1.29 is 4.79 Å². The van der Waals surface area contributed by atoms with E-state index in [1.54, 1.807) is 35.1 Å². The first-order chi connectivity index (χ1) is 10.6. The molecule has 2 heterocycles. The number of nitrogens with zero attached hydrogens (tertiary/aromatic N) is 3. The molecule has 1 aromatic carbocycles. The largest absolute Gasteiger partial charge is 0.322 e. The number of nitrogens with one attached hydrogen (secondary N) is 1. The third-order valence-corrected chi connectivity index (χ3v) is 3.41. The van der Waals surface area contributed by atoms with Crippen LogP contribution in [0.4, 0.5) is 5.69 Å². The number of aromatic nitrogens is 3. The van der Waals surface area contributed by atoms with Crippen LogP contribution in [0.15, 0.2) is 36.5 Å². The van der Waals surface area contributed by atoms with E-state index in [0.717, 1.165) is 22.3 Å². The van der Waals surface area contributed by atoms with Crippen molar-refractivity contribution in [1.29, 1.82) is 0 Å². The van der Waals surface area contributed by atoms with Gasteiger partial charge in [0.2, 0.25) is 0 Å². The average Bonchev–Trinajstić information content (AvgIpc) is 2.81. The molecular weight excluding hydrogens is 276 g/mol. The second-order valence-electron chi connectivity index (χ2n) is 4.98. The molecule has 2 aromatic heterocycles. The van der Waals surface area contributed by atoms with Crippen LogP contribution in [0.2, 0.25) is 0 Å². The van der Waals surface area contributed by atoms with Crippen LogP contribution in [0.1, 0.15) is 21.6 Å². The minimum Gasteiger partial charge on any atom is -0.322 e. The summed E-state index contributed by atoms with van der Waals surface area (Å²) in [6.07, 6.45) is 6.91. The van der Waals surface area contributed by atoms with Crippen LogP contribution < -0.4 is 5.32 Å². The van der Waals surface area contributed by atoms with E-state index >= 15 is 0 Å². The van der Waals surface area contributed by atoms with Gasteiger partial charge in [0.1, 0.15) is 0 Å². The summed E-state index contributed by atoms with van der Waals surface area (Å²) in [6, 6.07) is 8.95. The third-order valence-electron chi connectivity index (χ3n) is 3.41. The first-order valence-electron chi connectivity index (χ1n) is 6.76. The number of hydrogen-bond acceptors (Lipinski definition) is 3. The molecule has 5 heteroatoms. The lowest BCUT2D eigenvalue weighted by atomic mass is 10.1. The maximum atomic E-state index is 12.3. The summed E-state index contributed by atoms with van der Waals surface area (Å²) in [5.74, 6) is 2.31. The van der Waals surface area contributed by atoms with E-state index in [9.17, 15) is 4.79 Å². The molecule has 0 aliphatic rings. The highest BCUT2D eigenvalue weighted by Gasteiger charge is 2.12. The maximum Gasteiger partial charge on any atom is 0.257 e. The molecule has 0 spiro atoms. The number of anilines is 1. The number of rotatable bonds is 2. The Balaban J connectivity index is 1.92. The number of aryl methyl sites for hydroxylation is 2. The molecule has 0 unspecified atom stereocenters. The van der Waals surface area contributed by atoms with Gasteiger partial charge in [0.25, 0.3) is 5.91 Å². The van der Waals surface area contributed by atoms with Crippen molar-refractivity contribution >= 4 is 22.6 Å². The van der Waals surface area contributed by atoms with E-state index < -0.39 is 0 Å². The van der Waals surface area contributed by atoms with Crippen LogP contribution >= 0.6 is 0 Å². The molecule has 5 nitrogen and oxygen atoms in total. The SMILES string of the molecule is C#Cc1cccc(NC(=O)c2cnc3c(c2)c(C)nn3C)c1. The minimum absolute atomic E-state index is 0.230. The standard InChI is InChI=1S/C17H14N4O/c1-4-12-6-5-7-14(8-12)19-17(22)13-9-15-11(2)20-21(3)16(15)18-10-13/h1,5-10H,2-3H3,(H,19,22). The van der Waals surface area contributed by atoms with Gasteiger partial charge in [-0.25, -0.2) is 4.98 Å². The average molecular weight is 290 g/mol. The molecule has 3 rings (SSSR count). The molecule has 0 fully saturated rings. The first-order valence-corrected chi connectivity index (χ1v) is 6.76. The Morgan fingerprint density at radius 2 is 2.18 bits per heavy atom. The van der Waals surface area contributed by atoms with Crippen LogP contribution in [-0.4, -0.2) is 20.7 Å². The summed E-state index contributed by atoms with van der Waals surface area (Å²) >= 11 is 0. The van der Waals surface area contributed by atoms with Gasteiger partial charge in [-0.3, -0.25) is 9.48 Å². The molecule has 0 atom stereocenters. The number of terminal acetylenes is 1. The van der Waals surface area contributed by atoms with Gasteiger partial charge in [0.05, 0.1) is 11.3 Å². The fraction of sp³-hybridized carbons (Fsp3) is 0.118. The molecule has 1 N–H and O–H groups in total. The van der Waals surface area contributed by atoms with Crippen molar-refractivity contribution in [3.05, 3.63) is 53.3 Å². The Bertz CT molecular complexity index is 918. The first kappa shape index (κ1) is 13.8. The summed E-state index contributed by atoms with van der Waals surface area (Å²) in [6.45, 7) is 1.89. The Morgan fingerprint density at radius 1 is 1.36 bits per heavy atom. The predicted molar refractivity (Wildman–Crippen MR) is 85.6 cm³/mol. The quantitative estimate of drug-likeness (QED) is 0.738. The van der Waals surface area contributed by atoms with E-state index in [2.05, 4.69) is 21.3 Å². The number of carbonyl (C=O) groups excluding carboxylic acids is 1. The van der Waals surface area contributed by atoms with Crippen LogP contribution in [0.25, 0.3) is 11.0 Å². The highest BCUT2D eigenvalue weighted by molar-refractivity contribution is 6.05. The summed E-state index contributed by atoms with van der Waals surface area (Å²) in [4.78, 5) is 16.7. The molecule has 22 heavy (non-hydrogen) atoms. The minimum atomic E-state index is -0.230. The number of hydrogen-bond donors (Lipinski definition) is 1. The molecule has 0 radical (unpaired) electrons. The number of benzene rings is 1. The van der Waals surface area contributed by atoms with Crippen LogP contribution in [-0.2, 0) is 7.05 Å². The molecule has 0 aliphatic heterocycles. The molecule has 3 aromatic rings. The van der Waals surface area contributed by atoms with Crippen LogP contribution in [0, 0.1) is 19.3 Å². The fourth-order valence-corrected chi connectivity index (χ4v) is 2.32. The van der Waals surface area contributed by atoms with Crippen molar-refractivity contribution in [2.24, 2.45) is 7.05 Å². The maximum absolute atomic E-state index is 12.3. The second kappa shape index (κ2) is 5.34. The van der Waals surface area contributed by atoms with Crippen molar-refractivity contribution in [1.82, 2.24) is 14.8 Å². The van der Waals surface area contributed by atoms with E-state index in [1.807, 2.05) is 20.0 Å². The summed E-state index contributed by atoms with van der Waals surface area (Å²) < 4.78 is 1.70. The van der Waals surface area contributed by atoms with Gasteiger partial charge in [-0.15, -0.1) is 6.42 Å². The lowest BCUT2D eigenvalue weighted by molar-refractivity contribution is 0.102. The van der Waals surface area contributed by atoms with Gasteiger partial charge < -0.3 is 5.32 Å². The van der Waals surface area contributed by atoms with E-state index in [0.29, 0.717) is 11.3 Å². The van der Waals surface area contributed by atoms with Gasteiger partial charge in [-0.1, -0.05) is 12.0 Å². The van der Waals surface area contributed by atoms with Gasteiger partial charge in [0, 0.05) is 29.9 Å². The highest BCUT2D eigenvalue weighted by atomic mass is 16.1. The zero-order valence-corrected chi connectivity index (χ0v) is 12.3. The smallest absolute Gasteiger partial charge is 0.257 e. The molecule has 0 bridgehead atoms. The highest BCUT2D eigenvalue weighted by Crippen LogP contribution is 2.18. The van der Waals surface area contributed by atoms with Gasteiger partial charge in [0.15, 0.2) is 5.65 Å². The summed E-state index contributed by atoms with van der Waals surface area (Å²) in [7, 11) is 1.83. The second-order valence-corrected chi connectivity index (χ2v) is 4.98. The van der Waals surface area contributed by atoms with E-state index in [4.69, 9.17) is 6.42 Å². The Morgan fingerprint density at radius 3 is 2.95 bits per heavy atom. The molecule has 0 aliphatic carbocycles. The molecular formula is C17H14N4O. The van der Waals surface area contributed by atoms with E-state index in [1.165, 1.54) is 0 Å². The fourth-order valence-electron chi connectivity index (χ4n) is 2.32. The zero-order valence-electron chi connectivity index (χ0n) is 12.3. The number of pyridine rings is 1. The number of fused-ring (bicyclic) bond motifs is 1. The zero-order chi connectivity index (χ0) is 15.7. The van der Waals surface area contributed by atoms with Crippen LogP contribution in [0.3, 0.4) is 0 Å². The molecule has 1 amide bonds. The molecule has 0 saturated carbocycles. The summed E-state index contributed by atoms with van der Waals surface area (Å²) in [5, 5.41) is 7.99. The van der Waals surface area contributed by atoms with Crippen molar-refractivity contribution in [2.75, 3.05) is 5.32 Å². The third kappa shape index (κ3) is 2.42. The Kier molecular flexibility index (Phi) is 3.36. The Labute approximate surface area is 128 Å². The predicted octanol–water partition coefficient (Wildman–Crippen LogP) is 2.51. The van der Waals surface area contributed by atoms with E-state index in [-0.39, 0.29) is 5.91 Å². The number of carbonyl (C=O) groups is 1. The monoisotopic (exact) mass is 290 g/mol. The summed E-state index contributed by atoms with van der Waals surface area (Å²) in [5.41, 5.74) is 3.45. The lowest BCUT2D eigenvalue weighted by Gasteiger charge is -2.06. The van der Waals surface area contributed by atoms with Crippen LogP contribution in [0.5, 0.6) is 0 Å². The van der Waals surface area contributed by atoms with Crippen molar-refractivity contribution in [3.8, 4) is 12.3 Å². The topological polar surface area (TPSA) is 59.8 Å². The van der Waals surface area contributed by atoms with Gasteiger partial charge >= 0.3 is 0 Å². The molecule has 0 saturated heterocycles. The normalized spacial score (nSPS) is 10.4.